The van der Waals surface area contributed by atoms with E-state index in [0.29, 0.717) is 54.3 Å². The minimum absolute atomic E-state index is 0.126. The second kappa shape index (κ2) is 7.58. The Morgan fingerprint density at radius 1 is 1.10 bits per heavy atom. The van der Waals surface area contributed by atoms with Gasteiger partial charge in [-0.25, -0.2) is 18.4 Å². The van der Waals surface area contributed by atoms with Crippen molar-refractivity contribution in [2.45, 2.75) is 13.0 Å². The Balaban J connectivity index is 1.80. The van der Waals surface area contributed by atoms with Gasteiger partial charge in [0.05, 0.1) is 49.0 Å². The summed E-state index contributed by atoms with van der Waals surface area (Å²) in [7, 11) is 0. The lowest BCUT2D eigenvalue weighted by atomic mass is 10.3. The maximum Gasteiger partial charge on any atom is 0.296 e. The van der Waals surface area contributed by atoms with E-state index in [0.717, 1.165) is 0 Å². The van der Waals surface area contributed by atoms with Crippen molar-refractivity contribution in [3.8, 4) is 5.82 Å². The topological polar surface area (TPSA) is 94.1 Å². The van der Waals surface area contributed by atoms with Gasteiger partial charge in [-0.05, 0) is 12.1 Å². The van der Waals surface area contributed by atoms with Crippen LogP contribution < -0.4 is 4.90 Å². The van der Waals surface area contributed by atoms with Crippen molar-refractivity contribution in [3.05, 3.63) is 36.3 Å². The summed E-state index contributed by atoms with van der Waals surface area (Å²) in [6.45, 7) is 2.34. The average molecular weight is 415 g/mol. The van der Waals surface area contributed by atoms with Crippen LogP contribution in [-0.4, -0.2) is 67.3 Å². The highest BCUT2D eigenvalue weighted by atomic mass is 19.3. The number of aliphatic hydroxyl groups excluding tert-OH is 1. The molecule has 3 aromatic heterocycles. The van der Waals surface area contributed by atoms with Crippen LogP contribution in [0.5, 0.6) is 0 Å². The van der Waals surface area contributed by atoms with Gasteiger partial charge in [-0.15, -0.1) is 0 Å². The molecule has 0 atom stereocenters. The van der Waals surface area contributed by atoms with Crippen molar-refractivity contribution in [1.82, 2.24) is 29.3 Å². The van der Waals surface area contributed by atoms with Crippen LogP contribution in [-0.2, 0) is 11.3 Å². The number of morpholine rings is 1. The SMILES string of the molecule is OCCn1ncc2c(-n3c(C(F)F)nc4ccccc43)nc(N3CCOCC3)nc21. The Bertz CT molecular complexity index is 1200. The molecule has 1 aliphatic rings. The van der Waals surface area contributed by atoms with Crippen LogP contribution in [0, 0.1) is 0 Å². The zero-order valence-electron chi connectivity index (χ0n) is 15.9. The summed E-state index contributed by atoms with van der Waals surface area (Å²) in [5.74, 6) is 0.298. The van der Waals surface area contributed by atoms with Crippen molar-refractivity contribution in [2.24, 2.45) is 0 Å². The number of halogens is 2. The minimum Gasteiger partial charge on any atom is -0.394 e. The van der Waals surface area contributed by atoms with Crippen molar-refractivity contribution in [1.29, 1.82) is 0 Å². The standard InChI is InChI=1S/C19H19F2N7O2/c20-15(21)18-23-13-3-1-2-4-14(13)28(18)17-12-11-22-27(5-8-29)16(12)24-19(25-17)26-6-9-30-10-7-26/h1-4,11,15,29H,5-10H2. The van der Waals surface area contributed by atoms with Gasteiger partial charge in [0.2, 0.25) is 5.95 Å². The normalized spacial score (nSPS) is 15.0. The van der Waals surface area contributed by atoms with E-state index < -0.39 is 6.43 Å². The number of para-hydroxylation sites is 2. The number of fused-ring (bicyclic) bond motifs is 2. The highest BCUT2D eigenvalue weighted by molar-refractivity contribution is 5.87. The van der Waals surface area contributed by atoms with E-state index in [4.69, 9.17) is 4.74 Å². The average Bonchev–Trinajstić information content (AvgIpc) is 3.36. The number of nitrogens with zero attached hydrogens (tertiary/aromatic N) is 7. The molecule has 0 amide bonds. The molecule has 0 bridgehead atoms. The van der Waals surface area contributed by atoms with Gasteiger partial charge in [0.1, 0.15) is 0 Å². The largest absolute Gasteiger partial charge is 0.394 e. The van der Waals surface area contributed by atoms with E-state index in [1.165, 1.54) is 10.8 Å². The molecule has 11 heteroatoms. The van der Waals surface area contributed by atoms with E-state index >= 15 is 0 Å². The monoisotopic (exact) mass is 415 g/mol. The zero-order chi connectivity index (χ0) is 20.7. The highest BCUT2D eigenvalue weighted by Gasteiger charge is 2.25. The number of hydrogen-bond acceptors (Lipinski definition) is 7. The smallest absolute Gasteiger partial charge is 0.296 e. The lowest BCUT2D eigenvalue weighted by Crippen LogP contribution is -2.37. The van der Waals surface area contributed by atoms with Crippen LogP contribution in [0.25, 0.3) is 27.9 Å². The highest BCUT2D eigenvalue weighted by Crippen LogP contribution is 2.31. The van der Waals surface area contributed by atoms with Gasteiger partial charge in [-0.1, -0.05) is 12.1 Å². The number of anilines is 1. The summed E-state index contributed by atoms with van der Waals surface area (Å²) in [5, 5.41) is 14.2. The third kappa shape index (κ3) is 3.06. The Morgan fingerprint density at radius 2 is 1.90 bits per heavy atom. The molecule has 4 heterocycles. The molecule has 9 nitrogen and oxygen atoms in total. The first kappa shape index (κ1) is 18.8. The van der Waals surface area contributed by atoms with Crippen molar-refractivity contribution in [3.63, 3.8) is 0 Å². The number of aliphatic hydroxyl groups is 1. The third-order valence-corrected chi connectivity index (χ3v) is 5.06. The molecule has 5 rings (SSSR count). The van der Waals surface area contributed by atoms with Crippen LogP contribution in [0.2, 0.25) is 0 Å². The van der Waals surface area contributed by atoms with Crippen LogP contribution in [0.15, 0.2) is 30.5 Å². The summed E-state index contributed by atoms with van der Waals surface area (Å²) in [5.41, 5.74) is 1.44. The van der Waals surface area contributed by atoms with Crippen LogP contribution in [0.3, 0.4) is 0 Å². The lowest BCUT2D eigenvalue weighted by molar-refractivity contribution is 0.122. The van der Waals surface area contributed by atoms with E-state index in [1.807, 2.05) is 4.90 Å². The molecule has 0 unspecified atom stereocenters. The van der Waals surface area contributed by atoms with Gasteiger partial charge >= 0.3 is 0 Å². The minimum atomic E-state index is -2.79. The molecule has 1 N–H and O–H groups in total. The van der Waals surface area contributed by atoms with Crippen molar-refractivity contribution in [2.75, 3.05) is 37.8 Å². The third-order valence-electron chi connectivity index (χ3n) is 5.06. The van der Waals surface area contributed by atoms with Crippen molar-refractivity contribution < 1.29 is 18.6 Å². The number of benzene rings is 1. The summed E-state index contributed by atoms with van der Waals surface area (Å²) in [6.07, 6.45) is -1.25. The quantitative estimate of drug-likeness (QED) is 0.532. The number of aromatic nitrogens is 6. The van der Waals surface area contributed by atoms with Gasteiger partial charge in [0.15, 0.2) is 17.3 Å². The summed E-state index contributed by atoms with van der Waals surface area (Å²) < 4.78 is 36.2. The molecule has 156 valence electrons. The number of alkyl halides is 2. The summed E-state index contributed by atoms with van der Waals surface area (Å²) in [4.78, 5) is 15.4. The maximum atomic E-state index is 13.9. The van der Waals surface area contributed by atoms with Crippen LogP contribution in [0.4, 0.5) is 14.7 Å². The van der Waals surface area contributed by atoms with E-state index in [1.54, 1.807) is 28.9 Å². The number of imidazole rings is 1. The zero-order valence-corrected chi connectivity index (χ0v) is 15.9. The van der Waals surface area contributed by atoms with E-state index in [2.05, 4.69) is 20.1 Å². The summed E-state index contributed by atoms with van der Waals surface area (Å²) in [6, 6.07) is 6.94. The van der Waals surface area contributed by atoms with Crippen molar-refractivity contribution >= 4 is 28.0 Å². The fourth-order valence-electron chi connectivity index (χ4n) is 3.68. The first-order chi connectivity index (χ1) is 14.7. The van der Waals surface area contributed by atoms with Gasteiger partial charge in [-0.3, -0.25) is 4.57 Å². The van der Waals surface area contributed by atoms with Gasteiger partial charge in [0, 0.05) is 13.1 Å². The van der Waals surface area contributed by atoms with Gasteiger partial charge in [0.25, 0.3) is 6.43 Å². The number of ether oxygens (including phenoxy) is 1. The van der Waals surface area contributed by atoms with Gasteiger partial charge in [-0.2, -0.15) is 15.1 Å². The Kier molecular flexibility index (Phi) is 4.75. The van der Waals surface area contributed by atoms with E-state index in [9.17, 15) is 13.9 Å². The fraction of sp³-hybridized carbons (Fsp3) is 0.368. The fourth-order valence-corrected chi connectivity index (χ4v) is 3.68. The molecule has 0 spiro atoms. The Morgan fingerprint density at radius 3 is 2.67 bits per heavy atom. The lowest BCUT2D eigenvalue weighted by Gasteiger charge is -2.27. The number of hydrogen-bond donors (Lipinski definition) is 1. The first-order valence-electron chi connectivity index (χ1n) is 9.60. The van der Waals surface area contributed by atoms with E-state index in [-0.39, 0.29) is 24.8 Å². The molecular formula is C19H19F2N7O2. The Labute approximate surface area is 169 Å². The molecule has 1 aliphatic heterocycles. The molecule has 0 aliphatic carbocycles. The molecular weight excluding hydrogens is 396 g/mol. The molecule has 1 fully saturated rings. The first-order valence-corrected chi connectivity index (χ1v) is 9.60. The second-order valence-corrected chi connectivity index (χ2v) is 6.87. The van der Waals surface area contributed by atoms with Crippen LogP contribution in [0.1, 0.15) is 12.2 Å². The number of rotatable bonds is 5. The molecule has 30 heavy (non-hydrogen) atoms. The predicted octanol–water partition coefficient (Wildman–Crippen LogP) is 1.93. The second-order valence-electron chi connectivity index (χ2n) is 6.87. The predicted molar refractivity (Wildman–Crippen MR) is 105 cm³/mol. The molecule has 4 aromatic rings. The molecule has 0 radical (unpaired) electrons. The summed E-state index contributed by atoms with van der Waals surface area (Å²) >= 11 is 0. The maximum absolute atomic E-state index is 13.9. The molecule has 1 aromatic carbocycles. The molecule has 0 saturated carbocycles. The Hall–Kier alpha value is -3.18. The van der Waals surface area contributed by atoms with Gasteiger partial charge < -0.3 is 14.7 Å². The van der Waals surface area contributed by atoms with Crippen LogP contribution >= 0.6 is 0 Å². The molecule has 1 saturated heterocycles.